The molecule has 0 aliphatic heterocycles. The molecule has 1 aromatic rings. The molecule has 0 saturated heterocycles. The van der Waals surface area contributed by atoms with Gasteiger partial charge in [0.2, 0.25) is 0 Å². The van der Waals surface area contributed by atoms with Crippen molar-refractivity contribution in [3.8, 4) is 0 Å². The second-order valence-corrected chi connectivity index (χ2v) is 3.53. The molecule has 0 radical (unpaired) electrons. The van der Waals surface area contributed by atoms with Gasteiger partial charge in [-0.05, 0) is 13.0 Å². The minimum atomic E-state index is -0.349. The predicted molar refractivity (Wildman–Crippen MR) is 57.9 cm³/mol. The van der Waals surface area contributed by atoms with Crippen molar-refractivity contribution in [3.05, 3.63) is 47.3 Å². The predicted octanol–water partition coefficient (Wildman–Crippen LogP) is 3.14. The minimum absolute atomic E-state index is 0.161. The minimum Gasteiger partial charge on any atom is -0.307 e. The highest BCUT2D eigenvalue weighted by atomic mass is 35.5. The fourth-order valence-corrected chi connectivity index (χ4v) is 1.23. The molecule has 1 rings (SSSR count). The second-order valence-electron chi connectivity index (χ2n) is 3.12. The Balaban J connectivity index is 2.67. The molecular formula is C11H13ClFN. The molecule has 1 nitrogen and oxygen atoms in total. The number of hydrogen-bond acceptors (Lipinski definition) is 1. The van der Waals surface area contributed by atoms with Crippen LogP contribution in [0.4, 0.5) is 4.39 Å². The third kappa shape index (κ3) is 2.82. The summed E-state index contributed by atoms with van der Waals surface area (Å²) >= 11 is 5.64. The van der Waals surface area contributed by atoms with Crippen LogP contribution in [0.25, 0.3) is 0 Å². The van der Waals surface area contributed by atoms with Gasteiger partial charge in [-0.2, -0.15) is 0 Å². The van der Waals surface area contributed by atoms with Gasteiger partial charge in [0.05, 0.1) is 5.02 Å². The molecular weight excluding hydrogens is 201 g/mol. The lowest BCUT2D eigenvalue weighted by Crippen LogP contribution is -2.23. The molecule has 1 aromatic carbocycles. The Morgan fingerprint density at radius 1 is 1.64 bits per heavy atom. The first-order chi connectivity index (χ1) is 6.65. The number of benzene rings is 1. The van der Waals surface area contributed by atoms with E-state index in [-0.39, 0.29) is 16.9 Å². The molecule has 1 unspecified atom stereocenters. The summed E-state index contributed by atoms with van der Waals surface area (Å²) in [6.07, 6.45) is 1.77. The molecule has 1 atom stereocenters. The van der Waals surface area contributed by atoms with E-state index >= 15 is 0 Å². The van der Waals surface area contributed by atoms with Gasteiger partial charge in [0.25, 0.3) is 0 Å². The standard InChI is InChI=1S/C11H13ClFN/c1-3-8(2)14-7-9-5-4-6-10(12)11(9)13/h3-6,8,14H,1,7H2,2H3. The molecule has 76 valence electrons. The van der Waals surface area contributed by atoms with Gasteiger partial charge in [-0.15, -0.1) is 6.58 Å². The summed E-state index contributed by atoms with van der Waals surface area (Å²) in [5.74, 6) is -0.349. The lowest BCUT2D eigenvalue weighted by atomic mass is 10.2. The summed E-state index contributed by atoms with van der Waals surface area (Å²) in [4.78, 5) is 0. The largest absolute Gasteiger partial charge is 0.307 e. The molecule has 0 amide bonds. The van der Waals surface area contributed by atoms with Gasteiger partial charge in [0.15, 0.2) is 0 Å². The van der Waals surface area contributed by atoms with Crippen LogP contribution in [-0.4, -0.2) is 6.04 Å². The van der Waals surface area contributed by atoms with Crippen LogP contribution in [0.2, 0.25) is 5.02 Å². The fourth-order valence-electron chi connectivity index (χ4n) is 1.04. The molecule has 3 heteroatoms. The van der Waals surface area contributed by atoms with Crippen molar-refractivity contribution in [2.24, 2.45) is 0 Å². The van der Waals surface area contributed by atoms with E-state index in [2.05, 4.69) is 11.9 Å². The van der Waals surface area contributed by atoms with Gasteiger partial charge in [-0.3, -0.25) is 0 Å². The normalized spacial score (nSPS) is 12.5. The Morgan fingerprint density at radius 2 is 2.36 bits per heavy atom. The zero-order valence-corrected chi connectivity index (χ0v) is 8.81. The van der Waals surface area contributed by atoms with Crippen molar-refractivity contribution in [2.45, 2.75) is 19.5 Å². The zero-order valence-electron chi connectivity index (χ0n) is 8.06. The molecule has 0 fully saturated rings. The van der Waals surface area contributed by atoms with Crippen molar-refractivity contribution in [3.63, 3.8) is 0 Å². The van der Waals surface area contributed by atoms with Gasteiger partial charge in [0.1, 0.15) is 5.82 Å². The molecule has 0 bridgehead atoms. The van der Waals surface area contributed by atoms with Crippen LogP contribution in [0.3, 0.4) is 0 Å². The zero-order chi connectivity index (χ0) is 10.6. The van der Waals surface area contributed by atoms with E-state index in [9.17, 15) is 4.39 Å². The lowest BCUT2D eigenvalue weighted by Gasteiger charge is -2.09. The van der Waals surface area contributed by atoms with Crippen LogP contribution in [0.15, 0.2) is 30.9 Å². The summed E-state index contributed by atoms with van der Waals surface area (Å²) in [5, 5.41) is 3.26. The first-order valence-electron chi connectivity index (χ1n) is 4.44. The Bertz CT molecular complexity index is 325. The molecule has 0 spiro atoms. The van der Waals surface area contributed by atoms with Crippen LogP contribution in [0, 0.1) is 5.82 Å². The average molecular weight is 214 g/mol. The van der Waals surface area contributed by atoms with Crippen LogP contribution in [0.1, 0.15) is 12.5 Å². The van der Waals surface area contributed by atoms with E-state index in [4.69, 9.17) is 11.6 Å². The van der Waals surface area contributed by atoms with Gasteiger partial charge < -0.3 is 5.32 Å². The number of hydrogen-bond donors (Lipinski definition) is 1. The van der Waals surface area contributed by atoms with Gasteiger partial charge in [0, 0.05) is 18.2 Å². The Morgan fingerprint density at radius 3 is 3.00 bits per heavy atom. The van der Waals surface area contributed by atoms with Crippen LogP contribution in [0.5, 0.6) is 0 Å². The molecule has 0 aliphatic carbocycles. The maximum absolute atomic E-state index is 13.4. The molecule has 0 aliphatic rings. The van der Waals surface area contributed by atoms with Crippen molar-refractivity contribution in [1.82, 2.24) is 5.32 Å². The maximum atomic E-state index is 13.4. The highest BCUT2D eigenvalue weighted by Crippen LogP contribution is 2.17. The summed E-state index contributed by atoms with van der Waals surface area (Å²) in [6, 6.07) is 5.15. The first-order valence-corrected chi connectivity index (χ1v) is 4.81. The van der Waals surface area contributed by atoms with E-state index in [1.807, 2.05) is 6.92 Å². The summed E-state index contributed by atoms with van der Waals surface area (Å²) < 4.78 is 13.4. The van der Waals surface area contributed by atoms with E-state index in [0.717, 1.165) is 0 Å². The van der Waals surface area contributed by atoms with Crippen molar-refractivity contribution < 1.29 is 4.39 Å². The maximum Gasteiger partial charge on any atom is 0.146 e. The second kappa shape index (κ2) is 5.13. The average Bonchev–Trinajstić information content (AvgIpc) is 2.20. The molecule has 0 saturated carbocycles. The van der Waals surface area contributed by atoms with Crippen LogP contribution < -0.4 is 5.32 Å². The SMILES string of the molecule is C=CC(C)NCc1cccc(Cl)c1F. The smallest absolute Gasteiger partial charge is 0.146 e. The highest BCUT2D eigenvalue weighted by molar-refractivity contribution is 6.30. The van der Waals surface area contributed by atoms with E-state index in [1.165, 1.54) is 6.07 Å². The topological polar surface area (TPSA) is 12.0 Å². The third-order valence-electron chi connectivity index (χ3n) is 2.00. The number of halogens is 2. The van der Waals surface area contributed by atoms with Gasteiger partial charge >= 0.3 is 0 Å². The molecule has 0 aromatic heterocycles. The van der Waals surface area contributed by atoms with Crippen molar-refractivity contribution >= 4 is 11.6 Å². The monoisotopic (exact) mass is 213 g/mol. The summed E-state index contributed by atoms with van der Waals surface area (Å²) in [5.41, 5.74) is 0.575. The van der Waals surface area contributed by atoms with Crippen molar-refractivity contribution in [2.75, 3.05) is 0 Å². The van der Waals surface area contributed by atoms with E-state index in [0.29, 0.717) is 12.1 Å². The van der Waals surface area contributed by atoms with E-state index in [1.54, 1.807) is 18.2 Å². The number of rotatable bonds is 4. The van der Waals surface area contributed by atoms with E-state index < -0.39 is 0 Å². The van der Waals surface area contributed by atoms with Crippen molar-refractivity contribution in [1.29, 1.82) is 0 Å². The third-order valence-corrected chi connectivity index (χ3v) is 2.29. The Hall–Kier alpha value is -0.860. The van der Waals surface area contributed by atoms with Gasteiger partial charge in [-0.25, -0.2) is 4.39 Å². The highest BCUT2D eigenvalue weighted by Gasteiger charge is 2.05. The molecule has 0 heterocycles. The van der Waals surface area contributed by atoms with Gasteiger partial charge in [-0.1, -0.05) is 29.8 Å². The molecule has 14 heavy (non-hydrogen) atoms. The number of nitrogens with one attached hydrogen (secondary N) is 1. The Labute approximate surface area is 88.6 Å². The quantitative estimate of drug-likeness (QED) is 0.758. The summed E-state index contributed by atoms with van der Waals surface area (Å²) in [7, 11) is 0. The van der Waals surface area contributed by atoms with Crippen LogP contribution >= 0.6 is 11.6 Å². The van der Waals surface area contributed by atoms with Crippen LogP contribution in [-0.2, 0) is 6.54 Å². The lowest BCUT2D eigenvalue weighted by molar-refractivity contribution is 0.574. The summed E-state index contributed by atoms with van der Waals surface area (Å²) in [6.45, 7) is 6.04. The fraction of sp³-hybridized carbons (Fsp3) is 0.273. The first kappa shape index (κ1) is 11.2. The Kier molecular flexibility index (Phi) is 4.11. The molecule has 1 N–H and O–H groups in total.